The summed E-state index contributed by atoms with van der Waals surface area (Å²) < 4.78 is 1.42. The first kappa shape index (κ1) is 15.8. The highest BCUT2D eigenvalue weighted by Crippen LogP contribution is 2.36. The maximum Gasteiger partial charge on any atom is 0.416 e. The molecule has 0 radical (unpaired) electrons. The van der Waals surface area contributed by atoms with E-state index in [4.69, 9.17) is 0 Å². The van der Waals surface area contributed by atoms with E-state index in [1.165, 1.54) is 28.0 Å². The number of aromatic nitrogens is 2. The molecule has 0 aliphatic rings. The number of hydrogen-bond donors (Lipinski definition) is 1. The van der Waals surface area contributed by atoms with Gasteiger partial charge in [-0.1, -0.05) is 41.7 Å². The minimum absolute atomic E-state index is 0. The lowest BCUT2D eigenvalue weighted by Crippen LogP contribution is -2.23. The lowest BCUT2D eigenvalue weighted by Gasteiger charge is -1.94. The minimum Gasteiger partial charge on any atom is -0.870 e. The van der Waals surface area contributed by atoms with Crippen LogP contribution in [0.4, 0.5) is 5.69 Å². The predicted octanol–water partition coefficient (Wildman–Crippen LogP) is 3.14. The third-order valence-corrected chi connectivity index (χ3v) is 4.83. The molecular weight excluding hydrogens is 330 g/mol. The molecule has 2 N–H and O–H groups in total. The second-order valence-electron chi connectivity index (χ2n) is 5.01. The average molecular weight is 341 g/mol. The fourth-order valence-electron chi connectivity index (χ4n) is 2.51. The van der Waals surface area contributed by atoms with E-state index in [0.29, 0.717) is 15.1 Å². The molecule has 2 aromatic carbocycles. The Hall–Kier alpha value is -3.10. The summed E-state index contributed by atoms with van der Waals surface area (Å²) in [6, 6.07) is 14.1. The summed E-state index contributed by atoms with van der Waals surface area (Å²) in [7, 11) is 0. The fraction of sp³-hybridized carbons (Fsp3) is 0. The number of benzene rings is 2. The summed E-state index contributed by atoms with van der Waals surface area (Å²) in [5, 5.41) is 27.2. The van der Waals surface area contributed by atoms with Crippen LogP contribution in [0.15, 0.2) is 54.7 Å². The second-order valence-corrected chi connectivity index (χ2v) is 6.01. The van der Waals surface area contributed by atoms with Crippen molar-refractivity contribution in [1.29, 1.82) is 0 Å². The molecule has 0 aliphatic carbocycles. The standard InChI is InChI=1S/C16H9N3O3S.H2O/c20-15-14(10-4-2-1-3-5-10)23-16-13-8-12(19(21)22)7-6-11(13)9-17-18(15)16;/h1-9H;1H2. The van der Waals surface area contributed by atoms with Crippen LogP contribution in [0.2, 0.25) is 0 Å². The fourth-order valence-corrected chi connectivity index (χ4v) is 3.64. The lowest BCUT2D eigenvalue weighted by atomic mass is 10.2. The Balaban J connectivity index is 0.00000169. The van der Waals surface area contributed by atoms with E-state index in [9.17, 15) is 15.2 Å². The molecule has 4 aromatic rings. The number of fused-ring (bicyclic) bond motifs is 3. The number of nitrogens with zero attached hydrogens (tertiary/aromatic N) is 3. The molecule has 2 aromatic heterocycles. The Labute approximate surface area is 139 Å². The maximum absolute atomic E-state index is 11.0. The molecular formula is C16H11N3O4S. The molecule has 0 fully saturated rings. The van der Waals surface area contributed by atoms with Crippen molar-refractivity contribution < 1.29 is 20.0 Å². The van der Waals surface area contributed by atoms with Gasteiger partial charge in [-0.25, -0.2) is 0 Å². The van der Waals surface area contributed by atoms with Crippen molar-refractivity contribution in [2.24, 2.45) is 0 Å². The highest BCUT2D eigenvalue weighted by atomic mass is 32.1. The molecule has 0 unspecified atom stereocenters. The topological polar surface area (TPSA) is 110 Å². The first-order valence-electron chi connectivity index (χ1n) is 6.81. The van der Waals surface area contributed by atoms with Gasteiger partial charge in [0.15, 0.2) is 4.88 Å². The SMILES string of the molecule is O=[N+]([O-])c1ccc2cn[n+]3c(O)c(-c4ccccc4)sc3c2c1.[OH-]. The molecule has 0 spiro atoms. The van der Waals surface area contributed by atoms with Gasteiger partial charge in [-0.3, -0.25) is 10.1 Å². The van der Waals surface area contributed by atoms with Gasteiger partial charge in [0.25, 0.3) is 5.69 Å². The van der Waals surface area contributed by atoms with E-state index >= 15 is 0 Å². The van der Waals surface area contributed by atoms with E-state index in [1.807, 2.05) is 30.3 Å². The van der Waals surface area contributed by atoms with Crippen LogP contribution in [-0.4, -0.2) is 20.6 Å². The zero-order valence-electron chi connectivity index (χ0n) is 12.2. The highest BCUT2D eigenvalue weighted by molar-refractivity contribution is 7.21. The molecule has 0 amide bonds. The molecule has 7 nitrogen and oxygen atoms in total. The van der Waals surface area contributed by atoms with Crippen LogP contribution in [0.1, 0.15) is 0 Å². The zero-order chi connectivity index (χ0) is 16.0. The van der Waals surface area contributed by atoms with Crippen molar-refractivity contribution in [3.8, 4) is 16.3 Å². The third-order valence-electron chi connectivity index (χ3n) is 3.62. The van der Waals surface area contributed by atoms with Crippen molar-refractivity contribution in [3.63, 3.8) is 0 Å². The quantitative estimate of drug-likeness (QED) is 0.342. The van der Waals surface area contributed by atoms with Crippen molar-refractivity contribution >= 4 is 32.6 Å². The molecule has 0 saturated heterocycles. The highest BCUT2D eigenvalue weighted by Gasteiger charge is 2.26. The first-order valence-corrected chi connectivity index (χ1v) is 7.63. The Morgan fingerprint density at radius 1 is 1.17 bits per heavy atom. The molecule has 0 atom stereocenters. The first-order chi connectivity index (χ1) is 11.1. The zero-order valence-corrected chi connectivity index (χ0v) is 13.0. The van der Waals surface area contributed by atoms with Crippen LogP contribution >= 0.6 is 11.3 Å². The normalized spacial score (nSPS) is 10.7. The number of nitro groups is 1. The van der Waals surface area contributed by atoms with Gasteiger partial charge in [-0.15, -0.1) is 0 Å². The minimum atomic E-state index is -0.429. The number of rotatable bonds is 2. The maximum atomic E-state index is 11.0. The van der Waals surface area contributed by atoms with Gasteiger partial charge in [0.05, 0.1) is 10.3 Å². The van der Waals surface area contributed by atoms with E-state index in [1.54, 1.807) is 12.3 Å². The number of thiazole rings is 1. The summed E-state index contributed by atoms with van der Waals surface area (Å²) >= 11 is 1.35. The van der Waals surface area contributed by atoms with E-state index in [0.717, 1.165) is 10.9 Å². The summed E-state index contributed by atoms with van der Waals surface area (Å²) in [5.41, 5.74) is 0.888. The Kier molecular flexibility index (Phi) is 3.84. The summed E-state index contributed by atoms with van der Waals surface area (Å²) in [4.78, 5) is 11.9. The van der Waals surface area contributed by atoms with Crippen LogP contribution in [-0.2, 0) is 0 Å². The van der Waals surface area contributed by atoms with Gasteiger partial charge >= 0.3 is 10.7 Å². The van der Waals surface area contributed by atoms with Gasteiger partial charge in [0.1, 0.15) is 6.20 Å². The molecule has 0 saturated carbocycles. The smallest absolute Gasteiger partial charge is 0.416 e. The molecule has 8 heteroatoms. The molecule has 0 bridgehead atoms. The molecule has 0 aliphatic heterocycles. The number of hydrogen-bond acceptors (Lipinski definition) is 6. The monoisotopic (exact) mass is 341 g/mol. The van der Waals surface area contributed by atoms with Crippen LogP contribution in [0.5, 0.6) is 5.88 Å². The van der Waals surface area contributed by atoms with E-state index in [-0.39, 0.29) is 17.0 Å². The molecule has 4 rings (SSSR count). The lowest BCUT2D eigenvalue weighted by molar-refractivity contribution is -0.583. The van der Waals surface area contributed by atoms with Gasteiger partial charge in [-0.05, 0) is 6.07 Å². The van der Waals surface area contributed by atoms with Gasteiger partial charge in [0, 0.05) is 32.7 Å². The van der Waals surface area contributed by atoms with Crippen LogP contribution in [0.25, 0.3) is 26.0 Å². The summed E-state index contributed by atoms with van der Waals surface area (Å²) in [6.45, 7) is 0. The predicted molar refractivity (Wildman–Crippen MR) is 88.5 cm³/mol. The number of non-ortho nitro benzene ring substituents is 1. The molecule has 24 heavy (non-hydrogen) atoms. The van der Waals surface area contributed by atoms with Crippen molar-refractivity contribution in [3.05, 3.63) is 64.8 Å². The second kappa shape index (κ2) is 5.84. The van der Waals surface area contributed by atoms with Crippen molar-refractivity contribution in [2.75, 3.05) is 0 Å². The van der Waals surface area contributed by atoms with Gasteiger partial charge in [0.2, 0.25) is 0 Å². The number of nitro benzene ring substituents is 1. The van der Waals surface area contributed by atoms with Crippen LogP contribution < -0.4 is 4.52 Å². The van der Waals surface area contributed by atoms with E-state index < -0.39 is 4.92 Å². The van der Waals surface area contributed by atoms with Crippen molar-refractivity contribution in [1.82, 2.24) is 5.10 Å². The third kappa shape index (κ3) is 2.34. The summed E-state index contributed by atoms with van der Waals surface area (Å²) in [5.74, 6) is 0.0320. The Bertz CT molecular complexity index is 1060. The Morgan fingerprint density at radius 2 is 1.92 bits per heavy atom. The van der Waals surface area contributed by atoms with Gasteiger partial charge in [-0.2, -0.15) is 0 Å². The van der Waals surface area contributed by atoms with E-state index in [2.05, 4.69) is 5.10 Å². The molecule has 2 heterocycles. The summed E-state index contributed by atoms with van der Waals surface area (Å²) in [6.07, 6.45) is 1.59. The van der Waals surface area contributed by atoms with Gasteiger partial charge < -0.3 is 10.6 Å². The van der Waals surface area contributed by atoms with Crippen molar-refractivity contribution in [2.45, 2.75) is 0 Å². The molecule has 120 valence electrons. The largest absolute Gasteiger partial charge is 0.870 e. The number of aromatic hydroxyl groups is 1. The Morgan fingerprint density at radius 3 is 2.62 bits per heavy atom. The van der Waals surface area contributed by atoms with Crippen LogP contribution in [0.3, 0.4) is 0 Å². The average Bonchev–Trinajstić information content (AvgIpc) is 2.92. The van der Waals surface area contributed by atoms with Crippen LogP contribution in [0, 0.1) is 10.1 Å².